The van der Waals surface area contributed by atoms with Crippen LogP contribution >= 0.6 is 0 Å². The van der Waals surface area contributed by atoms with Crippen molar-refractivity contribution in [1.82, 2.24) is 38.2 Å². The Morgan fingerprint density at radius 2 is 0.680 bits per heavy atom. The molecule has 52 heteroatoms. The fraction of sp³-hybridized carbons (Fsp3) is 0.514. The number of rotatable bonds is 26. The summed E-state index contributed by atoms with van der Waals surface area (Å²) >= 11 is 0. The average Bonchev–Trinajstić information content (AvgIpc) is 1.60. The van der Waals surface area contributed by atoms with E-state index in [4.69, 9.17) is 44.6 Å². The number of ether oxygens (including phenoxy) is 14. The first-order valence-electron chi connectivity index (χ1n) is 35.0. The Balaban J connectivity index is 0.000000291. The predicted octanol–water partition coefficient (Wildman–Crippen LogP) is 1.06. The van der Waals surface area contributed by atoms with Gasteiger partial charge in [-0.1, -0.05) is 26.3 Å². The minimum Gasteiger partial charge on any atom is -0.460 e. The van der Waals surface area contributed by atoms with E-state index in [1.165, 1.54) is 27.7 Å². The Morgan fingerprint density at radius 3 is 0.934 bits per heavy atom. The van der Waals surface area contributed by atoms with Crippen LogP contribution in [-0.4, -0.2) is 255 Å². The summed E-state index contributed by atoms with van der Waals surface area (Å²) in [4.78, 5) is 177. The van der Waals surface area contributed by atoms with Crippen LogP contribution in [0.25, 0.3) is 0 Å². The maximum atomic E-state index is 15.0. The van der Waals surface area contributed by atoms with Crippen LogP contribution in [0.15, 0.2) is 117 Å². The van der Waals surface area contributed by atoms with E-state index in [2.05, 4.69) is 90.0 Å². The van der Waals surface area contributed by atoms with Gasteiger partial charge in [0.1, 0.15) is 72.1 Å². The van der Waals surface area contributed by atoms with Crippen LogP contribution in [0.5, 0.6) is 0 Å². The lowest BCUT2D eigenvalue weighted by Gasteiger charge is -2.24. The van der Waals surface area contributed by atoms with Crippen molar-refractivity contribution in [2.75, 3.05) is 75.0 Å². The molecular formula is C70H84F8N12O32. The van der Waals surface area contributed by atoms with Gasteiger partial charge in [-0.15, -0.1) is 0 Å². The van der Waals surface area contributed by atoms with E-state index in [0.29, 0.717) is 18.3 Å². The Labute approximate surface area is 681 Å². The highest BCUT2D eigenvalue weighted by molar-refractivity contribution is 5.90. The molecule has 44 nitrogen and oxygen atoms in total. The molecule has 4 unspecified atom stereocenters. The fourth-order valence-electron chi connectivity index (χ4n) is 9.85. The molecule has 0 saturated carbocycles. The molecule has 0 aromatic carbocycles. The van der Waals surface area contributed by atoms with Gasteiger partial charge in [-0.05, 0) is 93.5 Å². The topological polar surface area (TPSA) is 597 Å². The summed E-state index contributed by atoms with van der Waals surface area (Å²) in [6.45, 7) is 21.3. The molecule has 8 heterocycles. The highest BCUT2D eigenvalue weighted by atomic mass is 19.3. The van der Waals surface area contributed by atoms with Crippen molar-refractivity contribution in [2.24, 2.45) is 0 Å². The van der Waals surface area contributed by atoms with Crippen LogP contribution in [0.3, 0.4) is 0 Å². The first kappa shape index (κ1) is 100. The molecule has 0 spiro atoms. The lowest BCUT2D eigenvalue weighted by atomic mass is 10.1. The molecule has 0 aliphatic carbocycles. The standard InChI is InChI=1S/2C20H25F2N3O9.2C15H17F2N3O7/c1-10(2)15(28)32-9-13(26)31-8-11-14(27)20(21,22)16(33-11)25-7-6-12(23-17(25)29)24-18(30)34-19(3,4)5;1-10(2)15(28)31-9-13(27)33-14-11(8-26)32-16(20(14,21)22)25-7-6-12(23-17(25)29)24-18(30)34-19(3,4)5;1-7(2)12(23)26-6-10(21)25-5-8-11(22)15(16,17)13(27-8)20-4-3-9(18)19-14(20)24;1-7(2)12(23)25-6-10(22)27-11-8(5-21)26-13(15(11,16)17)20-4-3-9(18)19-14(20)24/h6-7,11,14,16,27H,1,8-9H2,2-5H3,(H,23,24,29,30);6-7,11,14,16,26H,1,8-9H2,2-5H3,(H,23,24,29,30);3-4,8,11,13,22H,1,5-6H2,2H3,(H2,18,19,24);3-4,8,11,13,21H,1,5-6H2,2H3,(H2,18,19,24)/t2*11-,14?,16-;2*8-,11?,13-/m1111/s1. The molecule has 4 aliphatic rings. The number of carbonyl (C=O) groups excluding carboxylic acids is 10. The molecule has 10 N–H and O–H groups in total. The quantitative estimate of drug-likeness (QED) is 0.0188. The minimum absolute atomic E-state index is 0.000791. The maximum absolute atomic E-state index is 15.0. The van der Waals surface area contributed by atoms with Crippen LogP contribution in [0.2, 0.25) is 0 Å². The molecule has 12 atom stereocenters. The number of aliphatic hydroxyl groups excluding tert-OH is 4. The zero-order valence-electron chi connectivity index (χ0n) is 66.0. The SMILES string of the molecule is C=C(C)C(=O)OCC(=O)OC1[C@@H](CO)O[C@@H](n2ccc(N)nc2=O)C1(F)F.C=C(C)C(=O)OCC(=O)OC1[C@@H](CO)O[C@@H](n2ccc(NC(=O)OC(C)(C)C)nc2=O)C1(F)F.C=C(C)C(=O)OCC(=O)OC[C@H]1O[C@@H](n2ccc(N)nc2=O)C(F)(F)C1O.C=C(C)C(=O)OCC(=O)OC[C@H]1O[C@@H](n2ccc(NC(=O)OC(C)(C)C)nc2=O)C(F)(F)C1O. The number of nitrogens with one attached hydrogen (secondary N) is 2. The van der Waals surface area contributed by atoms with Crippen molar-refractivity contribution < 1.29 is 170 Å². The largest absolute Gasteiger partial charge is 0.460 e. The summed E-state index contributed by atoms with van der Waals surface area (Å²) in [5.41, 5.74) is 4.39. The van der Waals surface area contributed by atoms with Crippen LogP contribution in [-0.2, 0) is 105 Å². The molecule has 2 amide bonds. The molecule has 8 rings (SSSR count). The van der Waals surface area contributed by atoms with Gasteiger partial charge in [0.25, 0.3) is 0 Å². The Kier molecular flexibility index (Phi) is 34.2. The van der Waals surface area contributed by atoms with E-state index in [-0.39, 0.29) is 45.6 Å². The second-order valence-corrected chi connectivity index (χ2v) is 28.0. The summed E-state index contributed by atoms with van der Waals surface area (Å²) in [5, 5.41) is 42.8. The van der Waals surface area contributed by atoms with Gasteiger partial charge in [0.2, 0.25) is 24.9 Å². The van der Waals surface area contributed by atoms with E-state index < -0.39 is 244 Å². The molecule has 0 radical (unpaired) electrons. The summed E-state index contributed by atoms with van der Waals surface area (Å²) in [7, 11) is 0. The number of carbonyl (C=O) groups is 10. The summed E-state index contributed by atoms with van der Waals surface area (Å²) in [6, 6.07) is 4.32. The molecule has 4 aromatic heterocycles. The molecule has 4 aromatic rings. The van der Waals surface area contributed by atoms with E-state index in [0.717, 1.165) is 49.1 Å². The number of anilines is 4. The number of esters is 8. The molecule has 4 fully saturated rings. The molecule has 122 heavy (non-hydrogen) atoms. The van der Waals surface area contributed by atoms with E-state index in [1.54, 1.807) is 41.5 Å². The number of halogens is 8. The number of aromatic nitrogens is 8. The van der Waals surface area contributed by atoms with Crippen LogP contribution in [0.4, 0.5) is 68.0 Å². The third-order valence-corrected chi connectivity index (χ3v) is 15.5. The van der Waals surface area contributed by atoms with Crippen molar-refractivity contribution in [3.63, 3.8) is 0 Å². The normalized spacial score (nSPS) is 22.4. The molecule has 4 saturated heterocycles. The van der Waals surface area contributed by atoms with Gasteiger partial charge in [-0.2, -0.15) is 55.1 Å². The van der Waals surface area contributed by atoms with E-state index >= 15 is 8.78 Å². The Hall–Kier alpha value is -12.5. The summed E-state index contributed by atoms with van der Waals surface area (Å²) in [6.07, 6.45) is -23.1. The highest BCUT2D eigenvalue weighted by Gasteiger charge is 2.65. The van der Waals surface area contributed by atoms with Gasteiger partial charge in [0, 0.05) is 47.1 Å². The molecule has 0 bridgehead atoms. The van der Waals surface area contributed by atoms with Gasteiger partial charge in [0.05, 0.1) is 13.2 Å². The third-order valence-electron chi connectivity index (χ3n) is 15.5. The van der Waals surface area contributed by atoms with Gasteiger partial charge < -0.3 is 98.2 Å². The zero-order chi connectivity index (χ0) is 92.4. The summed E-state index contributed by atoms with van der Waals surface area (Å²) in [5.74, 6) is -24.9. The molecule has 672 valence electrons. The smallest absolute Gasteiger partial charge is 0.413 e. The lowest BCUT2D eigenvalue weighted by molar-refractivity contribution is -0.181. The van der Waals surface area contributed by atoms with Gasteiger partial charge in [-0.25, -0.2) is 67.1 Å². The van der Waals surface area contributed by atoms with Crippen molar-refractivity contribution in [3.8, 4) is 0 Å². The second-order valence-electron chi connectivity index (χ2n) is 28.0. The number of amides is 2. The number of nitrogen functional groups attached to an aromatic ring is 2. The van der Waals surface area contributed by atoms with Crippen molar-refractivity contribution in [2.45, 2.75) is 178 Å². The number of hydrogen-bond acceptors (Lipinski definition) is 38. The number of hydrogen-bond donors (Lipinski definition) is 8. The Bertz CT molecular complexity index is 4840. The van der Waals surface area contributed by atoms with E-state index in [9.17, 15) is 114 Å². The van der Waals surface area contributed by atoms with E-state index in [1.807, 2.05) is 0 Å². The van der Waals surface area contributed by atoms with Crippen molar-refractivity contribution in [1.29, 1.82) is 0 Å². The fourth-order valence-corrected chi connectivity index (χ4v) is 9.85. The predicted molar refractivity (Wildman–Crippen MR) is 389 cm³/mol. The van der Waals surface area contributed by atoms with Gasteiger partial charge in [0.15, 0.2) is 50.8 Å². The van der Waals surface area contributed by atoms with Crippen LogP contribution < -0.4 is 44.9 Å². The van der Waals surface area contributed by atoms with Gasteiger partial charge in [-0.3, -0.25) is 28.9 Å². The monoisotopic (exact) mass is 1760 g/mol. The second kappa shape index (κ2) is 41.7. The molecule has 4 aliphatic heterocycles. The van der Waals surface area contributed by atoms with Crippen LogP contribution in [0, 0.1) is 0 Å². The number of nitrogens with zero attached hydrogens (tertiary/aromatic N) is 8. The number of alkyl halides is 8. The van der Waals surface area contributed by atoms with Crippen molar-refractivity contribution in [3.05, 3.63) is 140 Å². The summed E-state index contributed by atoms with van der Waals surface area (Å²) < 4.78 is 186. The first-order chi connectivity index (χ1) is 56.4. The van der Waals surface area contributed by atoms with Crippen molar-refractivity contribution >= 4 is 83.2 Å². The first-order valence-corrected chi connectivity index (χ1v) is 35.0. The minimum atomic E-state index is -3.99. The lowest BCUT2D eigenvalue weighted by Crippen LogP contribution is -2.45. The molecular weight excluding hydrogens is 1670 g/mol. The number of nitrogens with two attached hydrogens (primary N) is 2. The van der Waals surface area contributed by atoms with Crippen LogP contribution in [0.1, 0.15) is 94.1 Å². The number of aliphatic hydroxyl groups is 4. The Morgan fingerprint density at radius 1 is 0.426 bits per heavy atom. The highest BCUT2D eigenvalue weighted by Crippen LogP contribution is 2.47. The average molecular weight is 1760 g/mol. The maximum Gasteiger partial charge on any atom is 0.413 e. The van der Waals surface area contributed by atoms with Gasteiger partial charge >= 0.3 is 106 Å². The third kappa shape index (κ3) is 27.3. The zero-order valence-corrected chi connectivity index (χ0v) is 66.0.